The second-order valence-corrected chi connectivity index (χ2v) is 10.5. The van der Waals surface area contributed by atoms with E-state index in [4.69, 9.17) is 9.47 Å². The van der Waals surface area contributed by atoms with Gasteiger partial charge in [-0.15, -0.1) is 0 Å². The summed E-state index contributed by atoms with van der Waals surface area (Å²) < 4.78 is 182. The van der Waals surface area contributed by atoms with E-state index in [2.05, 4.69) is 0 Å². The number of aromatic carboxylic acids is 4. The standard InChI is InChI=1S/C32H14F12O10/c33-29(34,35)15-5-1-3-11(23(15)53-17-9-7-13(25(45)46)19(27(49)50)21(17)31(39,40)41)12-4-2-6-16(30(36,37)38)24(12)54-18-10-8-14(26(47)48)20(28(51)52)22(18)32(42,43)44/h1-10H,(H,45,46)(H,47,48)(H,49,50)(H,51,52). The number of hydrogen-bond acceptors (Lipinski definition) is 6. The van der Waals surface area contributed by atoms with Gasteiger partial charge in [-0.3, -0.25) is 0 Å². The number of alkyl halides is 12. The molecule has 0 aliphatic heterocycles. The maximum atomic E-state index is 14.4. The molecule has 0 aliphatic carbocycles. The van der Waals surface area contributed by atoms with Crippen LogP contribution in [-0.2, 0) is 24.7 Å². The number of carboxylic acids is 4. The number of benzene rings is 4. The molecule has 54 heavy (non-hydrogen) atoms. The molecule has 0 spiro atoms. The second kappa shape index (κ2) is 13.8. The quantitative estimate of drug-likeness (QED) is 0.120. The van der Waals surface area contributed by atoms with Gasteiger partial charge >= 0.3 is 48.6 Å². The lowest BCUT2D eigenvalue weighted by Gasteiger charge is -2.24. The zero-order valence-electron chi connectivity index (χ0n) is 25.5. The molecule has 0 atom stereocenters. The number of carbonyl (C=O) groups is 4. The summed E-state index contributed by atoms with van der Waals surface area (Å²) in [6.07, 6.45) is -23.1. The predicted octanol–water partition coefficient (Wildman–Crippen LogP) is 9.81. The Morgan fingerprint density at radius 2 is 0.741 bits per heavy atom. The topological polar surface area (TPSA) is 168 Å². The van der Waals surface area contributed by atoms with Gasteiger partial charge in [0.05, 0.1) is 33.4 Å². The molecule has 0 heterocycles. The Morgan fingerprint density at radius 3 is 0.981 bits per heavy atom. The van der Waals surface area contributed by atoms with Crippen LogP contribution in [0.2, 0.25) is 0 Å². The summed E-state index contributed by atoms with van der Waals surface area (Å²) in [6.45, 7) is 0. The van der Waals surface area contributed by atoms with Crippen molar-refractivity contribution in [2.45, 2.75) is 24.7 Å². The third-order valence-corrected chi connectivity index (χ3v) is 7.14. The molecule has 4 rings (SSSR count). The molecule has 0 bridgehead atoms. The van der Waals surface area contributed by atoms with Crippen molar-refractivity contribution in [3.8, 4) is 34.1 Å². The Balaban J connectivity index is 2.16. The normalized spacial score (nSPS) is 12.3. The lowest BCUT2D eigenvalue weighted by atomic mass is 9.96. The van der Waals surface area contributed by atoms with Crippen molar-refractivity contribution in [1.29, 1.82) is 0 Å². The SMILES string of the molecule is O=C(O)c1ccc(Oc2c(-c3cccc(C(F)(F)F)c3Oc3ccc(C(=O)O)c(C(=O)O)c3C(F)(F)F)cccc2C(F)(F)F)c(C(F)(F)F)c1C(=O)O. The molecule has 4 N–H and O–H groups in total. The average molecular weight is 786 g/mol. The Hall–Kier alpha value is -6.48. The third kappa shape index (κ3) is 7.80. The van der Waals surface area contributed by atoms with Gasteiger partial charge in [-0.25, -0.2) is 19.2 Å². The highest BCUT2D eigenvalue weighted by Gasteiger charge is 2.45. The molecule has 0 aliphatic rings. The first-order valence-corrected chi connectivity index (χ1v) is 13.9. The number of carboxylic acid groups (broad SMARTS) is 4. The van der Waals surface area contributed by atoms with E-state index < -0.39 is 127 Å². The van der Waals surface area contributed by atoms with Crippen LogP contribution in [0.5, 0.6) is 23.0 Å². The molecule has 10 nitrogen and oxygen atoms in total. The maximum Gasteiger partial charge on any atom is 0.420 e. The number of halogens is 12. The van der Waals surface area contributed by atoms with Crippen molar-refractivity contribution in [3.63, 3.8) is 0 Å². The Morgan fingerprint density at radius 1 is 0.426 bits per heavy atom. The van der Waals surface area contributed by atoms with Gasteiger partial charge in [0.2, 0.25) is 0 Å². The second-order valence-electron chi connectivity index (χ2n) is 10.5. The minimum absolute atomic E-state index is 0.0895. The first-order chi connectivity index (χ1) is 24.7. The van der Waals surface area contributed by atoms with Gasteiger partial charge in [-0.2, -0.15) is 52.7 Å². The van der Waals surface area contributed by atoms with Crippen molar-refractivity contribution in [2.75, 3.05) is 0 Å². The number of rotatable bonds is 9. The monoisotopic (exact) mass is 786 g/mol. The molecule has 0 unspecified atom stereocenters. The van der Waals surface area contributed by atoms with Crippen LogP contribution >= 0.6 is 0 Å². The van der Waals surface area contributed by atoms with Gasteiger partial charge < -0.3 is 29.9 Å². The maximum absolute atomic E-state index is 14.4. The summed E-state index contributed by atoms with van der Waals surface area (Å²) in [4.78, 5) is 46.7. The molecule has 286 valence electrons. The van der Waals surface area contributed by atoms with E-state index in [1.54, 1.807) is 0 Å². The zero-order valence-corrected chi connectivity index (χ0v) is 25.5. The van der Waals surface area contributed by atoms with E-state index in [1.807, 2.05) is 0 Å². The summed E-state index contributed by atoms with van der Waals surface area (Å²) >= 11 is 0. The van der Waals surface area contributed by atoms with Crippen LogP contribution in [0.4, 0.5) is 52.7 Å². The minimum Gasteiger partial charge on any atom is -0.478 e. The Kier molecular flexibility index (Phi) is 10.3. The first-order valence-electron chi connectivity index (χ1n) is 13.9. The molecular weight excluding hydrogens is 772 g/mol. The van der Waals surface area contributed by atoms with E-state index in [-0.39, 0.29) is 36.4 Å². The van der Waals surface area contributed by atoms with Crippen LogP contribution in [0, 0.1) is 0 Å². The van der Waals surface area contributed by atoms with E-state index in [9.17, 15) is 92.3 Å². The van der Waals surface area contributed by atoms with Crippen LogP contribution in [0.15, 0.2) is 60.7 Å². The fourth-order valence-electron chi connectivity index (χ4n) is 5.09. The van der Waals surface area contributed by atoms with E-state index in [0.717, 1.165) is 0 Å². The molecule has 0 saturated heterocycles. The van der Waals surface area contributed by atoms with E-state index in [0.29, 0.717) is 24.3 Å². The molecule has 0 saturated carbocycles. The van der Waals surface area contributed by atoms with Crippen molar-refractivity contribution in [2.24, 2.45) is 0 Å². The highest BCUT2D eigenvalue weighted by atomic mass is 19.4. The molecule has 4 aromatic rings. The molecule has 0 fully saturated rings. The fraction of sp³-hybridized carbons (Fsp3) is 0.125. The van der Waals surface area contributed by atoms with Gasteiger partial charge in [0.1, 0.15) is 34.1 Å². The molecule has 22 heteroatoms. The molecule has 0 amide bonds. The predicted molar refractivity (Wildman–Crippen MR) is 153 cm³/mol. The summed E-state index contributed by atoms with van der Waals surface area (Å²) in [7, 11) is 0. The smallest absolute Gasteiger partial charge is 0.420 e. The average Bonchev–Trinajstić information content (AvgIpc) is 3.02. The number of hydrogen-bond donors (Lipinski definition) is 4. The van der Waals surface area contributed by atoms with E-state index in [1.165, 1.54) is 0 Å². The van der Waals surface area contributed by atoms with E-state index >= 15 is 0 Å². The summed E-state index contributed by atoms with van der Waals surface area (Å²) in [5.41, 5.74) is -18.7. The third-order valence-electron chi connectivity index (χ3n) is 7.14. The van der Waals surface area contributed by atoms with Gasteiger partial charge in [-0.1, -0.05) is 24.3 Å². The van der Waals surface area contributed by atoms with Crippen molar-refractivity contribution < 1.29 is 102 Å². The van der Waals surface area contributed by atoms with Gasteiger partial charge in [0.15, 0.2) is 0 Å². The zero-order chi connectivity index (χ0) is 40.9. The van der Waals surface area contributed by atoms with Crippen molar-refractivity contribution in [1.82, 2.24) is 0 Å². The lowest BCUT2D eigenvalue weighted by Crippen LogP contribution is -2.19. The minimum atomic E-state index is -5.90. The van der Waals surface area contributed by atoms with Gasteiger partial charge in [0, 0.05) is 11.1 Å². The lowest BCUT2D eigenvalue weighted by molar-refractivity contribution is -0.141. The first kappa shape index (κ1) is 40.3. The molecule has 0 radical (unpaired) electrons. The molecule has 0 aromatic heterocycles. The molecular formula is C32H14F12O10. The van der Waals surface area contributed by atoms with Crippen molar-refractivity contribution in [3.05, 3.63) is 105 Å². The highest BCUT2D eigenvalue weighted by Crippen LogP contribution is 2.52. The molecule has 4 aromatic carbocycles. The van der Waals surface area contributed by atoms with Crippen LogP contribution < -0.4 is 9.47 Å². The Labute approximate surface area is 290 Å². The highest BCUT2D eigenvalue weighted by molar-refractivity contribution is 6.04. The number of para-hydroxylation sites is 2. The van der Waals surface area contributed by atoms with Gasteiger partial charge in [0.25, 0.3) is 0 Å². The van der Waals surface area contributed by atoms with Gasteiger partial charge in [-0.05, 0) is 36.4 Å². The Bertz CT molecular complexity index is 2050. The summed E-state index contributed by atoms with van der Waals surface area (Å²) in [6, 6.07) is 2.75. The summed E-state index contributed by atoms with van der Waals surface area (Å²) in [5.74, 6) is -16.9. The van der Waals surface area contributed by atoms with Crippen LogP contribution in [-0.4, -0.2) is 44.3 Å². The summed E-state index contributed by atoms with van der Waals surface area (Å²) in [5, 5.41) is 37.5. The van der Waals surface area contributed by atoms with Crippen LogP contribution in [0.25, 0.3) is 11.1 Å². The largest absolute Gasteiger partial charge is 0.478 e. The van der Waals surface area contributed by atoms with Crippen molar-refractivity contribution >= 4 is 23.9 Å². The van der Waals surface area contributed by atoms with Crippen LogP contribution in [0.1, 0.15) is 63.7 Å². The van der Waals surface area contributed by atoms with Crippen LogP contribution in [0.3, 0.4) is 0 Å². The number of ether oxygens (including phenoxy) is 2. The fourth-order valence-corrected chi connectivity index (χ4v) is 5.09.